The molecule has 154 valence electrons. The van der Waals surface area contributed by atoms with E-state index in [9.17, 15) is 9.59 Å². The van der Waals surface area contributed by atoms with Crippen LogP contribution >= 0.6 is 0 Å². The molecule has 2 amide bonds. The molecule has 3 N–H and O–H groups in total. The maximum atomic E-state index is 13.2. The van der Waals surface area contributed by atoms with Gasteiger partial charge in [0, 0.05) is 11.2 Å². The van der Waals surface area contributed by atoms with Crippen LogP contribution in [0.5, 0.6) is 0 Å². The first-order chi connectivity index (χ1) is 13.2. The maximum absolute atomic E-state index is 13.2. The van der Waals surface area contributed by atoms with Gasteiger partial charge >= 0.3 is 0 Å². The molecule has 1 aliphatic heterocycles. The molecular formula is C23H35N3O2. The summed E-state index contributed by atoms with van der Waals surface area (Å²) in [5, 5.41) is 2.97. The topological polar surface area (TPSA) is 75.4 Å². The highest BCUT2D eigenvalue weighted by Crippen LogP contribution is 2.44. The van der Waals surface area contributed by atoms with E-state index in [1.54, 1.807) is 4.90 Å². The van der Waals surface area contributed by atoms with Crippen LogP contribution in [0.4, 0.5) is 5.69 Å². The molecule has 2 aliphatic rings. The van der Waals surface area contributed by atoms with Crippen LogP contribution in [0.25, 0.3) is 0 Å². The second-order valence-electron chi connectivity index (χ2n) is 9.63. The molecule has 1 fully saturated rings. The van der Waals surface area contributed by atoms with Gasteiger partial charge in [0.25, 0.3) is 0 Å². The Labute approximate surface area is 169 Å². The zero-order valence-corrected chi connectivity index (χ0v) is 17.8. The molecule has 1 aliphatic carbocycles. The number of hydrogen-bond donors (Lipinski definition) is 2. The summed E-state index contributed by atoms with van der Waals surface area (Å²) in [6, 6.07) is 5.75. The van der Waals surface area contributed by atoms with Crippen molar-refractivity contribution in [2.45, 2.75) is 83.7 Å². The first-order valence-corrected chi connectivity index (χ1v) is 10.6. The lowest BCUT2D eigenvalue weighted by Crippen LogP contribution is -2.50. The fourth-order valence-corrected chi connectivity index (χ4v) is 4.77. The number of aryl methyl sites for hydroxylation is 1. The van der Waals surface area contributed by atoms with Gasteiger partial charge in [-0.3, -0.25) is 9.59 Å². The highest BCUT2D eigenvalue weighted by molar-refractivity contribution is 6.03. The van der Waals surface area contributed by atoms with Crippen LogP contribution in [0.1, 0.15) is 76.3 Å². The number of nitrogens with one attached hydrogen (secondary N) is 1. The zero-order valence-electron chi connectivity index (χ0n) is 17.8. The number of anilines is 1. The maximum Gasteiger partial charge on any atom is 0.244 e. The van der Waals surface area contributed by atoms with Gasteiger partial charge in [0.1, 0.15) is 6.54 Å². The van der Waals surface area contributed by atoms with E-state index in [1.807, 2.05) is 33.8 Å². The number of amides is 2. The van der Waals surface area contributed by atoms with Crippen LogP contribution in [-0.4, -0.2) is 29.9 Å². The van der Waals surface area contributed by atoms with Crippen LogP contribution in [0, 0.1) is 12.8 Å². The van der Waals surface area contributed by atoms with Crippen LogP contribution in [0.3, 0.4) is 0 Å². The van der Waals surface area contributed by atoms with Crippen molar-refractivity contribution >= 4 is 17.5 Å². The van der Waals surface area contributed by atoms with Crippen molar-refractivity contribution in [3.63, 3.8) is 0 Å². The van der Waals surface area contributed by atoms with Gasteiger partial charge in [-0.1, -0.05) is 31.4 Å². The minimum Gasteiger partial charge on any atom is -0.350 e. The number of nitrogens with two attached hydrogens (primary N) is 1. The summed E-state index contributed by atoms with van der Waals surface area (Å²) in [6.45, 7) is 7.87. The molecule has 1 heterocycles. The summed E-state index contributed by atoms with van der Waals surface area (Å²) in [7, 11) is 0. The minimum absolute atomic E-state index is 0.0116. The van der Waals surface area contributed by atoms with Crippen molar-refractivity contribution in [1.82, 2.24) is 5.32 Å². The first-order valence-electron chi connectivity index (χ1n) is 10.6. The highest BCUT2D eigenvalue weighted by atomic mass is 16.2. The van der Waals surface area contributed by atoms with E-state index in [0.29, 0.717) is 12.3 Å². The largest absolute Gasteiger partial charge is 0.350 e. The van der Waals surface area contributed by atoms with Gasteiger partial charge in [0.15, 0.2) is 0 Å². The van der Waals surface area contributed by atoms with Gasteiger partial charge in [-0.05, 0) is 76.0 Å². The SMILES string of the molecule is Cc1ccc2c(c1)N(CC(=O)NC(C)(C)C)C(=O)C(N)CC2C1CCCCC1. The predicted octanol–water partition coefficient (Wildman–Crippen LogP) is 3.64. The van der Waals surface area contributed by atoms with E-state index in [4.69, 9.17) is 5.73 Å². The molecule has 2 atom stereocenters. The Balaban J connectivity index is 1.97. The Morgan fingerprint density at radius 2 is 1.89 bits per heavy atom. The van der Waals surface area contributed by atoms with Crippen molar-refractivity contribution in [2.24, 2.45) is 11.7 Å². The summed E-state index contributed by atoms with van der Waals surface area (Å²) < 4.78 is 0. The number of nitrogens with zero attached hydrogens (tertiary/aromatic N) is 1. The lowest BCUT2D eigenvalue weighted by Gasteiger charge is -2.31. The van der Waals surface area contributed by atoms with Crippen molar-refractivity contribution in [3.8, 4) is 0 Å². The Bertz CT molecular complexity index is 732. The summed E-state index contributed by atoms with van der Waals surface area (Å²) >= 11 is 0. The van der Waals surface area contributed by atoms with Gasteiger partial charge in [0.05, 0.1) is 6.04 Å². The predicted molar refractivity (Wildman–Crippen MR) is 113 cm³/mol. The molecule has 0 saturated heterocycles. The average molecular weight is 386 g/mol. The number of hydrogen-bond acceptors (Lipinski definition) is 3. The van der Waals surface area contributed by atoms with Gasteiger partial charge in [-0.25, -0.2) is 0 Å². The summed E-state index contributed by atoms with van der Waals surface area (Å²) in [5.74, 6) is 0.550. The van der Waals surface area contributed by atoms with E-state index in [1.165, 1.54) is 37.7 Å². The normalized spacial score (nSPS) is 23.9. The molecule has 1 aromatic rings. The van der Waals surface area contributed by atoms with Crippen LogP contribution < -0.4 is 16.0 Å². The average Bonchev–Trinajstić information content (AvgIpc) is 2.71. The van der Waals surface area contributed by atoms with Crippen molar-refractivity contribution in [1.29, 1.82) is 0 Å². The van der Waals surface area contributed by atoms with Gasteiger partial charge < -0.3 is 16.0 Å². The van der Waals surface area contributed by atoms with Crippen molar-refractivity contribution in [3.05, 3.63) is 29.3 Å². The van der Waals surface area contributed by atoms with Gasteiger partial charge in [-0.2, -0.15) is 0 Å². The lowest BCUT2D eigenvalue weighted by molar-refractivity contribution is -0.125. The van der Waals surface area contributed by atoms with E-state index in [-0.39, 0.29) is 29.8 Å². The van der Waals surface area contributed by atoms with Crippen LogP contribution in [0.15, 0.2) is 18.2 Å². The smallest absolute Gasteiger partial charge is 0.244 e. The molecule has 1 aromatic carbocycles. The first kappa shape index (κ1) is 20.8. The van der Waals surface area contributed by atoms with E-state index < -0.39 is 6.04 Å². The highest BCUT2D eigenvalue weighted by Gasteiger charge is 2.37. The second kappa shape index (κ2) is 8.24. The fourth-order valence-electron chi connectivity index (χ4n) is 4.77. The molecule has 5 nitrogen and oxygen atoms in total. The number of carbonyl (C=O) groups is 2. The quantitative estimate of drug-likeness (QED) is 0.834. The molecule has 0 bridgehead atoms. The third-order valence-corrected chi connectivity index (χ3v) is 6.00. The number of fused-ring (bicyclic) bond motifs is 1. The lowest BCUT2D eigenvalue weighted by atomic mass is 9.74. The van der Waals surface area contributed by atoms with Crippen LogP contribution in [-0.2, 0) is 9.59 Å². The molecule has 1 saturated carbocycles. The Morgan fingerprint density at radius 1 is 1.21 bits per heavy atom. The van der Waals surface area contributed by atoms with E-state index >= 15 is 0 Å². The summed E-state index contributed by atoms with van der Waals surface area (Å²) in [5.41, 5.74) is 9.17. The molecule has 2 unspecified atom stereocenters. The Hall–Kier alpha value is -1.88. The third kappa shape index (κ3) is 4.75. The van der Waals surface area contributed by atoms with Crippen LogP contribution in [0.2, 0.25) is 0 Å². The molecule has 3 rings (SSSR count). The fraction of sp³-hybridized carbons (Fsp3) is 0.652. The number of benzene rings is 1. The molecule has 0 spiro atoms. The molecular weight excluding hydrogens is 350 g/mol. The van der Waals surface area contributed by atoms with Crippen molar-refractivity contribution < 1.29 is 9.59 Å². The van der Waals surface area contributed by atoms with E-state index in [2.05, 4.69) is 17.4 Å². The number of rotatable bonds is 3. The Morgan fingerprint density at radius 3 is 2.54 bits per heavy atom. The van der Waals surface area contributed by atoms with E-state index in [0.717, 1.165) is 11.3 Å². The van der Waals surface area contributed by atoms with Gasteiger partial charge in [0.2, 0.25) is 11.8 Å². The summed E-state index contributed by atoms with van der Waals surface area (Å²) in [6.07, 6.45) is 6.87. The molecule has 28 heavy (non-hydrogen) atoms. The molecule has 5 heteroatoms. The van der Waals surface area contributed by atoms with Crippen molar-refractivity contribution in [2.75, 3.05) is 11.4 Å². The summed E-state index contributed by atoms with van der Waals surface area (Å²) in [4.78, 5) is 27.4. The monoisotopic (exact) mass is 385 g/mol. The standard InChI is InChI=1S/C23H35N3O2/c1-15-10-11-17-18(16-8-6-5-7-9-16)13-19(24)22(28)26(20(17)12-15)14-21(27)25-23(2,3)4/h10-12,16,18-19H,5-9,13-14,24H2,1-4H3,(H,25,27). The van der Waals surface area contributed by atoms with Gasteiger partial charge in [-0.15, -0.1) is 0 Å². The molecule has 0 aromatic heterocycles. The Kier molecular flexibility index (Phi) is 6.13. The minimum atomic E-state index is -0.568. The number of carbonyl (C=O) groups excluding carboxylic acids is 2. The zero-order chi connectivity index (χ0) is 20.5. The third-order valence-electron chi connectivity index (χ3n) is 6.00. The molecule has 0 radical (unpaired) electrons. The second-order valence-corrected chi connectivity index (χ2v) is 9.63.